The van der Waals surface area contributed by atoms with E-state index in [1.807, 2.05) is 0 Å². The van der Waals surface area contributed by atoms with Gasteiger partial charge in [-0.05, 0) is 38.5 Å². The summed E-state index contributed by atoms with van der Waals surface area (Å²) in [5.41, 5.74) is 3.74. The van der Waals surface area contributed by atoms with E-state index in [0.29, 0.717) is 5.41 Å². The van der Waals surface area contributed by atoms with Gasteiger partial charge in [-0.2, -0.15) is 0 Å². The predicted molar refractivity (Wildman–Crippen MR) is 55.2 cm³/mol. The Morgan fingerprint density at radius 3 is 2.33 bits per heavy atom. The first-order valence-corrected chi connectivity index (χ1v) is 5.21. The van der Waals surface area contributed by atoms with E-state index in [1.165, 1.54) is 32.1 Å². The summed E-state index contributed by atoms with van der Waals surface area (Å²) in [7, 11) is 0. The zero-order chi connectivity index (χ0) is 9.19. The molecule has 0 aliphatic heterocycles. The van der Waals surface area contributed by atoms with E-state index in [0.717, 1.165) is 0 Å². The highest BCUT2D eigenvalue weighted by molar-refractivity contribution is 5.17. The minimum Gasteiger partial charge on any atom is -0.0739 e. The van der Waals surface area contributed by atoms with E-state index in [9.17, 15) is 0 Å². The van der Waals surface area contributed by atoms with Gasteiger partial charge in [0.05, 0.1) is 0 Å². The molecule has 1 aliphatic carbocycles. The SMILES string of the molecule is C/C1=C(\C)C(C)(C)CCCCC1. The molecule has 0 heterocycles. The molecule has 0 N–H and O–H groups in total. The Labute approximate surface area is 77.1 Å². The lowest BCUT2D eigenvalue weighted by Crippen LogP contribution is -2.15. The van der Waals surface area contributed by atoms with Crippen LogP contribution in [0.5, 0.6) is 0 Å². The third-order valence-corrected chi connectivity index (χ3v) is 3.51. The fourth-order valence-corrected chi connectivity index (χ4v) is 2.09. The lowest BCUT2D eigenvalue weighted by Gasteiger charge is -2.30. The minimum absolute atomic E-state index is 0.463. The molecule has 0 atom stereocenters. The summed E-state index contributed by atoms with van der Waals surface area (Å²) in [6, 6.07) is 0. The van der Waals surface area contributed by atoms with Gasteiger partial charge in [-0.3, -0.25) is 0 Å². The Kier molecular flexibility index (Phi) is 2.98. The normalized spacial score (nSPS) is 31.0. The van der Waals surface area contributed by atoms with Crippen LogP contribution in [0.2, 0.25) is 0 Å². The van der Waals surface area contributed by atoms with Gasteiger partial charge in [-0.15, -0.1) is 0 Å². The molecule has 0 spiro atoms. The maximum atomic E-state index is 2.39. The van der Waals surface area contributed by atoms with Crippen molar-refractivity contribution in [2.24, 2.45) is 5.41 Å². The van der Waals surface area contributed by atoms with Crippen molar-refractivity contribution in [3.63, 3.8) is 0 Å². The summed E-state index contributed by atoms with van der Waals surface area (Å²) < 4.78 is 0. The van der Waals surface area contributed by atoms with Gasteiger partial charge in [-0.25, -0.2) is 0 Å². The van der Waals surface area contributed by atoms with Crippen LogP contribution < -0.4 is 0 Å². The predicted octanol–water partition coefficient (Wildman–Crippen LogP) is 4.31. The van der Waals surface area contributed by atoms with Crippen LogP contribution >= 0.6 is 0 Å². The summed E-state index contributed by atoms with van der Waals surface area (Å²) in [6.45, 7) is 9.40. The molecule has 0 radical (unpaired) electrons. The van der Waals surface area contributed by atoms with Gasteiger partial charge < -0.3 is 0 Å². The van der Waals surface area contributed by atoms with E-state index in [2.05, 4.69) is 27.7 Å². The third kappa shape index (κ3) is 2.12. The molecule has 0 unspecified atom stereocenters. The summed E-state index contributed by atoms with van der Waals surface area (Å²) >= 11 is 0. The minimum atomic E-state index is 0.463. The lowest BCUT2D eigenvalue weighted by atomic mass is 9.76. The van der Waals surface area contributed by atoms with Crippen LogP contribution in [0.4, 0.5) is 0 Å². The van der Waals surface area contributed by atoms with Crippen LogP contribution in [0, 0.1) is 5.41 Å². The van der Waals surface area contributed by atoms with Crippen LogP contribution in [-0.2, 0) is 0 Å². The molecule has 0 aromatic rings. The van der Waals surface area contributed by atoms with Crippen LogP contribution in [-0.4, -0.2) is 0 Å². The highest BCUT2D eigenvalue weighted by Crippen LogP contribution is 2.37. The maximum Gasteiger partial charge on any atom is -0.0145 e. The van der Waals surface area contributed by atoms with Crippen molar-refractivity contribution in [3.05, 3.63) is 11.1 Å². The summed E-state index contributed by atoms with van der Waals surface area (Å²) in [5, 5.41) is 0. The zero-order valence-corrected chi connectivity index (χ0v) is 9.04. The van der Waals surface area contributed by atoms with E-state index in [1.54, 1.807) is 11.1 Å². The van der Waals surface area contributed by atoms with Crippen molar-refractivity contribution in [1.29, 1.82) is 0 Å². The maximum absolute atomic E-state index is 2.39. The van der Waals surface area contributed by atoms with Gasteiger partial charge in [0.2, 0.25) is 0 Å². The highest BCUT2D eigenvalue weighted by Gasteiger charge is 2.22. The van der Waals surface area contributed by atoms with Crippen molar-refractivity contribution >= 4 is 0 Å². The topological polar surface area (TPSA) is 0 Å². The fourth-order valence-electron chi connectivity index (χ4n) is 2.09. The molecule has 0 nitrogen and oxygen atoms in total. The molecule has 1 rings (SSSR count). The standard InChI is InChI=1S/C12H22/c1-10-8-6-5-7-9-12(3,4)11(10)2/h5-9H2,1-4H3/b11-10-. The van der Waals surface area contributed by atoms with Gasteiger partial charge in [0.1, 0.15) is 0 Å². The molecule has 0 aromatic carbocycles. The largest absolute Gasteiger partial charge is 0.0739 e. The van der Waals surface area contributed by atoms with E-state index < -0.39 is 0 Å². The van der Waals surface area contributed by atoms with Gasteiger partial charge >= 0.3 is 0 Å². The second-order valence-corrected chi connectivity index (χ2v) is 4.85. The monoisotopic (exact) mass is 166 g/mol. The molecule has 0 heteroatoms. The molecule has 1 aliphatic rings. The molecular weight excluding hydrogens is 144 g/mol. The van der Waals surface area contributed by atoms with Crippen molar-refractivity contribution in [2.75, 3.05) is 0 Å². The van der Waals surface area contributed by atoms with Crippen LogP contribution in [0.25, 0.3) is 0 Å². The van der Waals surface area contributed by atoms with Crippen molar-refractivity contribution < 1.29 is 0 Å². The molecule has 12 heavy (non-hydrogen) atoms. The summed E-state index contributed by atoms with van der Waals surface area (Å²) in [6.07, 6.45) is 6.94. The Balaban J connectivity index is 2.84. The second kappa shape index (κ2) is 3.64. The molecule has 0 fully saturated rings. The van der Waals surface area contributed by atoms with Crippen molar-refractivity contribution in [1.82, 2.24) is 0 Å². The number of hydrogen-bond acceptors (Lipinski definition) is 0. The Morgan fingerprint density at radius 2 is 1.67 bits per heavy atom. The number of hydrogen-bond donors (Lipinski definition) is 0. The first-order valence-electron chi connectivity index (χ1n) is 5.21. The Morgan fingerprint density at radius 1 is 1.00 bits per heavy atom. The molecule has 0 saturated heterocycles. The number of allylic oxidation sites excluding steroid dienone is 2. The third-order valence-electron chi connectivity index (χ3n) is 3.51. The quantitative estimate of drug-likeness (QED) is 0.470. The molecule has 0 aromatic heterocycles. The van der Waals surface area contributed by atoms with Gasteiger partial charge in [0.15, 0.2) is 0 Å². The van der Waals surface area contributed by atoms with Gasteiger partial charge in [-0.1, -0.05) is 37.8 Å². The molecule has 0 saturated carbocycles. The average Bonchev–Trinajstić information content (AvgIpc) is 2.00. The van der Waals surface area contributed by atoms with E-state index in [-0.39, 0.29) is 0 Å². The lowest BCUT2D eigenvalue weighted by molar-refractivity contribution is 0.370. The fraction of sp³-hybridized carbons (Fsp3) is 0.833. The van der Waals surface area contributed by atoms with Crippen LogP contribution in [0.1, 0.15) is 59.8 Å². The van der Waals surface area contributed by atoms with Gasteiger partial charge in [0.25, 0.3) is 0 Å². The average molecular weight is 166 g/mol. The first-order chi connectivity index (χ1) is 5.54. The van der Waals surface area contributed by atoms with Crippen molar-refractivity contribution in [3.8, 4) is 0 Å². The molecule has 0 amide bonds. The zero-order valence-electron chi connectivity index (χ0n) is 9.04. The Bertz CT molecular complexity index is 184. The van der Waals surface area contributed by atoms with E-state index in [4.69, 9.17) is 0 Å². The van der Waals surface area contributed by atoms with Crippen LogP contribution in [0.15, 0.2) is 11.1 Å². The molecule has 70 valence electrons. The highest BCUT2D eigenvalue weighted by atomic mass is 14.3. The van der Waals surface area contributed by atoms with Crippen molar-refractivity contribution in [2.45, 2.75) is 59.8 Å². The summed E-state index contributed by atoms with van der Waals surface area (Å²) in [5.74, 6) is 0. The molecule has 0 bridgehead atoms. The Hall–Kier alpha value is -0.260. The van der Waals surface area contributed by atoms with Gasteiger partial charge in [0, 0.05) is 0 Å². The summed E-state index contributed by atoms with van der Waals surface area (Å²) in [4.78, 5) is 0. The molecular formula is C12H22. The van der Waals surface area contributed by atoms with E-state index >= 15 is 0 Å². The first kappa shape index (κ1) is 9.83. The second-order valence-electron chi connectivity index (χ2n) is 4.85. The van der Waals surface area contributed by atoms with Crippen LogP contribution in [0.3, 0.4) is 0 Å². The smallest absolute Gasteiger partial charge is 0.0145 e. The number of rotatable bonds is 0.